The number of rotatable bonds is 8. The fourth-order valence-electron chi connectivity index (χ4n) is 3.77. The van der Waals surface area contributed by atoms with Gasteiger partial charge in [0.25, 0.3) is 0 Å². The summed E-state index contributed by atoms with van der Waals surface area (Å²) in [6.07, 6.45) is 4.70. The van der Waals surface area contributed by atoms with Crippen molar-refractivity contribution in [3.8, 4) is 0 Å². The molecule has 3 aliphatic rings. The van der Waals surface area contributed by atoms with Gasteiger partial charge in [0.2, 0.25) is 0 Å². The summed E-state index contributed by atoms with van der Waals surface area (Å²) in [5.41, 5.74) is 0.944. The third-order valence-corrected chi connectivity index (χ3v) is 5.58. The maximum Gasteiger partial charge on any atom is 0.150 e. The minimum Gasteiger partial charge on any atom is -0.390 e. The van der Waals surface area contributed by atoms with E-state index >= 15 is 0 Å². The number of nitrogens with one attached hydrogen (secondary N) is 1. The summed E-state index contributed by atoms with van der Waals surface area (Å²) in [7, 11) is 0. The van der Waals surface area contributed by atoms with Gasteiger partial charge in [-0.3, -0.25) is 4.90 Å². The largest absolute Gasteiger partial charge is 0.390 e. The number of ether oxygens (including phenoxy) is 2. The number of aliphatic hydroxyl groups is 1. The highest BCUT2D eigenvalue weighted by Crippen LogP contribution is 2.28. The molecule has 0 bridgehead atoms. The maximum atomic E-state index is 10.2. The van der Waals surface area contributed by atoms with E-state index in [-0.39, 0.29) is 18.3 Å². The van der Waals surface area contributed by atoms with Crippen LogP contribution in [0.5, 0.6) is 0 Å². The van der Waals surface area contributed by atoms with Crippen LogP contribution < -0.4 is 5.32 Å². The summed E-state index contributed by atoms with van der Waals surface area (Å²) < 4.78 is 17.0. The van der Waals surface area contributed by atoms with Crippen molar-refractivity contribution in [1.82, 2.24) is 15.4 Å². The SMILES string of the molecule is O[C@H]1CC[C@@H](Cc2cc(CN3CCOCC3)on2)O[C@@H]1CNCC1CC1. The zero-order valence-electron chi connectivity index (χ0n) is 15.4. The standard InChI is InChI=1S/C19H31N3O4/c23-18-4-3-16(25-19(18)12-20-11-14-1-2-14)9-15-10-17(26-21-15)13-22-5-7-24-8-6-22/h10,14,16,18-20,23H,1-9,11-13H2/t16-,18-,19+/m0/s1. The summed E-state index contributed by atoms with van der Waals surface area (Å²) >= 11 is 0. The lowest BCUT2D eigenvalue weighted by molar-refractivity contribution is -0.114. The first kappa shape index (κ1) is 18.4. The third-order valence-electron chi connectivity index (χ3n) is 5.58. The Morgan fingerprint density at radius 3 is 2.81 bits per heavy atom. The molecule has 1 aliphatic carbocycles. The fourth-order valence-corrected chi connectivity index (χ4v) is 3.77. The Kier molecular flexibility index (Phi) is 6.22. The van der Waals surface area contributed by atoms with Crippen LogP contribution in [-0.2, 0) is 22.4 Å². The van der Waals surface area contributed by atoms with Gasteiger partial charge in [-0.2, -0.15) is 0 Å². The highest BCUT2D eigenvalue weighted by atomic mass is 16.5. The fraction of sp³-hybridized carbons (Fsp3) is 0.842. The molecule has 2 aliphatic heterocycles. The van der Waals surface area contributed by atoms with Gasteiger partial charge in [-0.1, -0.05) is 5.16 Å². The molecule has 146 valence electrons. The van der Waals surface area contributed by atoms with Crippen molar-refractivity contribution in [3.63, 3.8) is 0 Å². The predicted octanol–water partition coefficient (Wildman–Crippen LogP) is 0.957. The van der Waals surface area contributed by atoms with E-state index in [2.05, 4.69) is 15.4 Å². The minimum atomic E-state index is -0.368. The van der Waals surface area contributed by atoms with E-state index in [9.17, 15) is 5.11 Å². The van der Waals surface area contributed by atoms with Crippen LogP contribution in [0.1, 0.15) is 37.1 Å². The van der Waals surface area contributed by atoms with Crippen molar-refractivity contribution in [2.24, 2.45) is 5.92 Å². The van der Waals surface area contributed by atoms with Gasteiger partial charge in [-0.15, -0.1) is 0 Å². The average Bonchev–Trinajstić information content (AvgIpc) is 3.38. The molecule has 0 unspecified atom stereocenters. The number of aliphatic hydroxyl groups excluding tert-OH is 1. The van der Waals surface area contributed by atoms with E-state index in [1.807, 2.05) is 6.07 Å². The zero-order chi connectivity index (χ0) is 17.8. The van der Waals surface area contributed by atoms with Gasteiger partial charge in [-0.25, -0.2) is 0 Å². The molecule has 3 heterocycles. The molecule has 2 saturated heterocycles. The molecule has 2 N–H and O–H groups in total. The number of morpholine rings is 1. The van der Waals surface area contributed by atoms with Crippen molar-refractivity contribution in [2.75, 3.05) is 39.4 Å². The van der Waals surface area contributed by atoms with E-state index in [0.717, 1.165) is 82.6 Å². The number of hydrogen-bond donors (Lipinski definition) is 2. The quantitative estimate of drug-likeness (QED) is 0.710. The Morgan fingerprint density at radius 1 is 1.15 bits per heavy atom. The topological polar surface area (TPSA) is 80.0 Å². The van der Waals surface area contributed by atoms with Crippen molar-refractivity contribution in [2.45, 2.75) is 57.0 Å². The van der Waals surface area contributed by atoms with E-state index < -0.39 is 0 Å². The van der Waals surface area contributed by atoms with Crippen LogP contribution >= 0.6 is 0 Å². The van der Waals surface area contributed by atoms with Crippen molar-refractivity contribution in [1.29, 1.82) is 0 Å². The van der Waals surface area contributed by atoms with Crippen LogP contribution in [0.25, 0.3) is 0 Å². The van der Waals surface area contributed by atoms with Crippen LogP contribution in [0.2, 0.25) is 0 Å². The number of hydrogen-bond acceptors (Lipinski definition) is 7. The first-order valence-electron chi connectivity index (χ1n) is 10.0. The van der Waals surface area contributed by atoms with Crippen LogP contribution in [0, 0.1) is 5.92 Å². The third kappa shape index (κ3) is 5.27. The van der Waals surface area contributed by atoms with Crippen molar-refractivity contribution >= 4 is 0 Å². The molecule has 7 heteroatoms. The first-order chi connectivity index (χ1) is 12.8. The normalized spacial score (nSPS) is 30.6. The molecule has 3 fully saturated rings. The van der Waals surface area contributed by atoms with Crippen LogP contribution in [-0.4, -0.2) is 72.9 Å². The van der Waals surface area contributed by atoms with Gasteiger partial charge in [0, 0.05) is 32.1 Å². The van der Waals surface area contributed by atoms with E-state index in [4.69, 9.17) is 14.0 Å². The Labute approximate surface area is 155 Å². The van der Waals surface area contributed by atoms with Crippen LogP contribution in [0.4, 0.5) is 0 Å². The first-order valence-corrected chi connectivity index (χ1v) is 10.0. The molecule has 0 spiro atoms. The monoisotopic (exact) mass is 365 g/mol. The molecular formula is C19H31N3O4. The Bertz CT molecular complexity index is 557. The van der Waals surface area contributed by atoms with Gasteiger partial charge >= 0.3 is 0 Å². The van der Waals surface area contributed by atoms with Gasteiger partial charge in [0.1, 0.15) is 0 Å². The second-order valence-corrected chi connectivity index (χ2v) is 7.92. The lowest BCUT2D eigenvalue weighted by Gasteiger charge is -2.34. The second kappa shape index (κ2) is 8.80. The minimum absolute atomic E-state index is 0.104. The van der Waals surface area contributed by atoms with E-state index in [1.165, 1.54) is 12.8 Å². The van der Waals surface area contributed by atoms with E-state index in [0.29, 0.717) is 0 Å². The molecule has 7 nitrogen and oxygen atoms in total. The summed E-state index contributed by atoms with van der Waals surface area (Å²) in [5, 5.41) is 17.9. The summed E-state index contributed by atoms with van der Waals surface area (Å²) in [6.45, 7) is 6.02. The van der Waals surface area contributed by atoms with Crippen LogP contribution in [0.3, 0.4) is 0 Å². The average molecular weight is 365 g/mol. The summed E-state index contributed by atoms with van der Waals surface area (Å²) in [4.78, 5) is 2.32. The smallest absolute Gasteiger partial charge is 0.150 e. The number of aromatic nitrogens is 1. The molecule has 1 aromatic rings. The molecule has 4 rings (SSSR count). The molecule has 0 aromatic carbocycles. The summed E-state index contributed by atoms with van der Waals surface area (Å²) in [5.74, 6) is 1.74. The van der Waals surface area contributed by atoms with Crippen LogP contribution in [0.15, 0.2) is 10.6 Å². The van der Waals surface area contributed by atoms with E-state index in [1.54, 1.807) is 0 Å². The highest BCUT2D eigenvalue weighted by Gasteiger charge is 2.31. The second-order valence-electron chi connectivity index (χ2n) is 7.92. The number of nitrogens with zero attached hydrogens (tertiary/aromatic N) is 2. The zero-order valence-corrected chi connectivity index (χ0v) is 15.4. The molecule has 3 atom stereocenters. The lowest BCUT2D eigenvalue weighted by atomic mass is 9.98. The van der Waals surface area contributed by atoms with Gasteiger partial charge in [-0.05, 0) is 38.1 Å². The molecule has 0 amide bonds. The van der Waals surface area contributed by atoms with Crippen molar-refractivity contribution in [3.05, 3.63) is 17.5 Å². The molecule has 26 heavy (non-hydrogen) atoms. The molecular weight excluding hydrogens is 334 g/mol. The Balaban J connectivity index is 1.23. The molecule has 1 saturated carbocycles. The summed E-state index contributed by atoms with van der Waals surface area (Å²) in [6, 6.07) is 2.05. The lowest BCUT2D eigenvalue weighted by Crippen LogP contribution is -2.45. The van der Waals surface area contributed by atoms with Gasteiger partial charge in [0.05, 0.1) is 43.8 Å². The predicted molar refractivity (Wildman–Crippen MR) is 95.8 cm³/mol. The Morgan fingerprint density at radius 2 is 2.00 bits per heavy atom. The maximum absolute atomic E-state index is 10.2. The van der Waals surface area contributed by atoms with Crippen molar-refractivity contribution < 1.29 is 19.1 Å². The highest BCUT2D eigenvalue weighted by molar-refractivity contribution is 5.07. The van der Waals surface area contributed by atoms with Gasteiger partial charge < -0.3 is 24.4 Å². The Hall–Kier alpha value is -0.990. The van der Waals surface area contributed by atoms with Gasteiger partial charge in [0.15, 0.2) is 5.76 Å². The molecule has 1 aromatic heterocycles. The molecule has 0 radical (unpaired) electrons.